The molecule has 18 heavy (non-hydrogen) atoms. The van der Waals surface area contributed by atoms with Gasteiger partial charge >= 0.3 is 5.97 Å². The van der Waals surface area contributed by atoms with Crippen LogP contribution in [0.2, 0.25) is 0 Å². The van der Waals surface area contributed by atoms with Gasteiger partial charge in [-0.25, -0.2) is 0 Å². The van der Waals surface area contributed by atoms with Gasteiger partial charge in [-0.2, -0.15) is 0 Å². The summed E-state index contributed by atoms with van der Waals surface area (Å²) in [5, 5.41) is 3.08. The first-order valence-electron chi connectivity index (χ1n) is 5.93. The molecule has 2 atom stereocenters. The molecule has 2 unspecified atom stereocenters. The lowest BCUT2D eigenvalue weighted by atomic mass is 10.1. The van der Waals surface area contributed by atoms with Gasteiger partial charge in [0.25, 0.3) is 0 Å². The first-order valence-corrected chi connectivity index (χ1v) is 5.93. The minimum Gasteiger partial charge on any atom is -0.488 e. The molecule has 0 bridgehead atoms. The van der Waals surface area contributed by atoms with E-state index in [0.29, 0.717) is 6.54 Å². The average Bonchev–Trinajstić information content (AvgIpc) is 2.81. The highest BCUT2D eigenvalue weighted by Crippen LogP contribution is 2.27. The summed E-state index contributed by atoms with van der Waals surface area (Å²) in [6, 6.07) is 7.48. The maximum Gasteiger partial charge on any atom is 0.326 e. The summed E-state index contributed by atoms with van der Waals surface area (Å²) in [6.07, 6.45) is 2.44. The van der Waals surface area contributed by atoms with Gasteiger partial charge in [-0.1, -0.05) is 24.3 Å². The average molecular weight is 247 g/mol. The summed E-state index contributed by atoms with van der Waals surface area (Å²) in [4.78, 5) is 11.4. The van der Waals surface area contributed by atoms with Gasteiger partial charge < -0.3 is 9.47 Å². The lowest BCUT2D eigenvalue weighted by Gasteiger charge is -2.16. The van der Waals surface area contributed by atoms with Crippen molar-refractivity contribution in [3.8, 4) is 5.75 Å². The molecule has 1 aliphatic rings. The van der Waals surface area contributed by atoms with Gasteiger partial charge in [0.15, 0.2) is 0 Å². The smallest absolute Gasteiger partial charge is 0.326 e. The molecule has 1 N–H and O–H groups in total. The topological polar surface area (TPSA) is 47.6 Å². The molecule has 0 aliphatic carbocycles. The molecule has 96 valence electrons. The van der Waals surface area contributed by atoms with Crippen molar-refractivity contribution >= 4 is 5.97 Å². The van der Waals surface area contributed by atoms with E-state index in [-0.39, 0.29) is 12.1 Å². The molecule has 1 aromatic rings. The van der Waals surface area contributed by atoms with E-state index in [9.17, 15) is 4.79 Å². The number of ether oxygens (including phenoxy) is 2. The van der Waals surface area contributed by atoms with Gasteiger partial charge in [-0.05, 0) is 11.6 Å². The molecule has 4 nitrogen and oxygen atoms in total. The third-order valence-electron chi connectivity index (χ3n) is 2.97. The Balaban J connectivity index is 1.86. The molecule has 0 saturated carbocycles. The molecule has 0 saturated heterocycles. The number of fused-ring (bicyclic) bond motifs is 1. The molecule has 1 heterocycles. The first kappa shape index (κ1) is 12.6. The Labute approximate surface area is 107 Å². The number of esters is 1. The fourth-order valence-electron chi connectivity index (χ4n) is 2.02. The quantitative estimate of drug-likeness (QED) is 0.629. The fourth-order valence-corrected chi connectivity index (χ4v) is 2.02. The van der Waals surface area contributed by atoms with Crippen molar-refractivity contribution in [3.05, 3.63) is 42.5 Å². The summed E-state index contributed by atoms with van der Waals surface area (Å²) in [5.74, 6) is 0.595. The van der Waals surface area contributed by atoms with Crippen molar-refractivity contribution in [1.29, 1.82) is 0 Å². The second-order valence-electron chi connectivity index (χ2n) is 4.20. The van der Waals surface area contributed by atoms with Crippen molar-refractivity contribution in [2.75, 3.05) is 13.7 Å². The Hall–Kier alpha value is -1.81. The Morgan fingerprint density at radius 2 is 2.44 bits per heavy atom. The molecule has 1 aromatic carbocycles. The summed E-state index contributed by atoms with van der Waals surface area (Å²) in [7, 11) is 1.36. The van der Waals surface area contributed by atoms with Crippen LogP contribution in [0, 0.1) is 0 Å². The van der Waals surface area contributed by atoms with Gasteiger partial charge in [0.05, 0.1) is 7.11 Å². The van der Waals surface area contributed by atoms with Gasteiger partial charge in [-0.15, -0.1) is 6.58 Å². The largest absolute Gasteiger partial charge is 0.488 e. The van der Waals surface area contributed by atoms with Crippen LogP contribution in [-0.4, -0.2) is 31.8 Å². The molecule has 0 aromatic heterocycles. The van der Waals surface area contributed by atoms with Crippen LogP contribution in [0.1, 0.15) is 5.56 Å². The number of carbonyl (C=O) groups excluding carboxylic acids is 1. The van der Waals surface area contributed by atoms with E-state index >= 15 is 0 Å². The Kier molecular flexibility index (Phi) is 3.99. The van der Waals surface area contributed by atoms with E-state index in [1.54, 1.807) is 0 Å². The predicted octanol–water partition coefficient (Wildman–Crippen LogP) is 1.31. The SMILES string of the molecule is C=CC(NCC1Cc2ccccc2O1)C(=O)OC. The highest BCUT2D eigenvalue weighted by molar-refractivity contribution is 5.77. The lowest BCUT2D eigenvalue weighted by molar-refractivity contribution is -0.141. The van der Waals surface area contributed by atoms with E-state index in [4.69, 9.17) is 4.74 Å². The standard InChI is InChI=1S/C14H17NO3/c1-3-12(14(16)17-2)15-9-11-8-10-6-4-5-7-13(10)18-11/h3-7,11-12,15H,1,8-9H2,2H3. The van der Waals surface area contributed by atoms with E-state index in [0.717, 1.165) is 12.2 Å². The summed E-state index contributed by atoms with van der Waals surface area (Å²) >= 11 is 0. The van der Waals surface area contributed by atoms with Crippen LogP contribution >= 0.6 is 0 Å². The number of hydrogen-bond donors (Lipinski definition) is 1. The summed E-state index contributed by atoms with van der Waals surface area (Å²) in [5.41, 5.74) is 1.21. The Morgan fingerprint density at radius 1 is 1.67 bits per heavy atom. The zero-order chi connectivity index (χ0) is 13.0. The van der Waals surface area contributed by atoms with Crippen LogP contribution < -0.4 is 10.1 Å². The molecule has 2 rings (SSSR count). The number of para-hydroxylation sites is 1. The number of carbonyl (C=O) groups is 1. The molecular weight excluding hydrogens is 230 g/mol. The Bertz CT molecular complexity index is 419. The molecule has 0 spiro atoms. The molecule has 0 radical (unpaired) electrons. The third kappa shape index (κ3) is 2.71. The van der Waals surface area contributed by atoms with Crippen LogP contribution in [0.5, 0.6) is 5.75 Å². The highest BCUT2D eigenvalue weighted by atomic mass is 16.5. The van der Waals surface area contributed by atoms with E-state index in [2.05, 4.69) is 22.7 Å². The minimum absolute atomic E-state index is 0.0505. The number of hydrogen-bond acceptors (Lipinski definition) is 4. The zero-order valence-electron chi connectivity index (χ0n) is 10.4. The van der Waals surface area contributed by atoms with Crippen LogP contribution in [-0.2, 0) is 16.0 Å². The molecule has 4 heteroatoms. The minimum atomic E-state index is -0.484. The summed E-state index contributed by atoms with van der Waals surface area (Å²) < 4.78 is 10.4. The third-order valence-corrected chi connectivity index (χ3v) is 2.97. The number of rotatable bonds is 5. The van der Waals surface area contributed by atoms with Crippen molar-refractivity contribution < 1.29 is 14.3 Å². The molecular formula is C14H17NO3. The van der Waals surface area contributed by atoms with Crippen LogP contribution in [0.3, 0.4) is 0 Å². The van der Waals surface area contributed by atoms with Gasteiger partial charge in [0, 0.05) is 13.0 Å². The maximum absolute atomic E-state index is 11.4. The lowest BCUT2D eigenvalue weighted by Crippen LogP contribution is -2.41. The first-order chi connectivity index (χ1) is 8.74. The van der Waals surface area contributed by atoms with Crippen LogP contribution in [0.25, 0.3) is 0 Å². The van der Waals surface area contributed by atoms with Crippen LogP contribution in [0.15, 0.2) is 36.9 Å². The van der Waals surface area contributed by atoms with Crippen LogP contribution in [0.4, 0.5) is 0 Å². The normalized spacial score (nSPS) is 18.6. The van der Waals surface area contributed by atoms with Crippen molar-refractivity contribution in [1.82, 2.24) is 5.32 Å². The van der Waals surface area contributed by atoms with Gasteiger partial charge in [-0.3, -0.25) is 10.1 Å². The van der Waals surface area contributed by atoms with Crippen molar-refractivity contribution in [2.24, 2.45) is 0 Å². The summed E-state index contributed by atoms with van der Waals surface area (Å²) in [6.45, 7) is 4.19. The predicted molar refractivity (Wildman–Crippen MR) is 68.6 cm³/mol. The fraction of sp³-hybridized carbons (Fsp3) is 0.357. The van der Waals surface area contributed by atoms with Crippen molar-refractivity contribution in [2.45, 2.75) is 18.6 Å². The van der Waals surface area contributed by atoms with Gasteiger partial charge in [0.2, 0.25) is 0 Å². The zero-order valence-corrected chi connectivity index (χ0v) is 10.4. The van der Waals surface area contributed by atoms with E-state index in [1.165, 1.54) is 18.7 Å². The number of nitrogens with one attached hydrogen (secondary N) is 1. The second-order valence-corrected chi connectivity index (χ2v) is 4.20. The number of methoxy groups -OCH3 is 1. The monoisotopic (exact) mass is 247 g/mol. The number of benzene rings is 1. The maximum atomic E-state index is 11.4. The molecule has 0 fully saturated rings. The molecule has 1 aliphatic heterocycles. The van der Waals surface area contributed by atoms with E-state index in [1.807, 2.05) is 18.2 Å². The van der Waals surface area contributed by atoms with E-state index < -0.39 is 6.04 Å². The second kappa shape index (κ2) is 5.69. The molecule has 0 amide bonds. The highest BCUT2D eigenvalue weighted by Gasteiger charge is 2.24. The van der Waals surface area contributed by atoms with Gasteiger partial charge in [0.1, 0.15) is 17.9 Å². The van der Waals surface area contributed by atoms with Crippen molar-refractivity contribution in [3.63, 3.8) is 0 Å². The Morgan fingerprint density at radius 3 is 3.11 bits per heavy atom.